The summed E-state index contributed by atoms with van der Waals surface area (Å²) in [5, 5.41) is 14.6. The minimum atomic E-state index is 0. The van der Waals surface area contributed by atoms with Gasteiger partial charge in [-0.2, -0.15) is 0 Å². The highest BCUT2D eigenvalue weighted by Crippen LogP contribution is 2.16. The highest BCUT2D eigenvalue weighted by Gasteiger charge is 2.09. The highest BCUT2D eigenvalue weighted by molar-refractivity contribution is 14.0. The number of rotatable bonds is 6. The van der Waals surface area contributed by atoms with E-state index >= 15 is 0 Å². The molecule has 1 rings (SSSR count). The van der Waals surface area contributed by atoms with Crippen LogP contribution in [0.5, 0.6) is 0 Å². The Hall–Kier alpha value is -0.860. The van der Waals surface area contributed by atoms with Crippen LogP contribution in [-0.4, -0.2) is 40.9 Å². The van der Waals surface area contributed by atoms with Gasteiger partial charge in [-0.05, 0) is 11.8 Å². The third-order valence-electron chi connectivity index (χ3n) is 3.05. The van der Waals surface area contributed by atoms with Crippen molar-refractivity contribution < 1.29 is 0 Å². The predicted octanol–water partition coefficient (Wildman–Crippen LogP) is 2.06. The van der Waals surface area contributed by atoms with Gasteiger partial charge in [0.2, 0.25) is 0 Å². The summed E-state index contributed by atoms with van der Waals surface area (Å²) < 4.78 is 2.06. The molecule has 7 heteroatoms. The maximum atomic E-state index is 4.22. The van der Waals surface area contributed by atoms with Gasteiger partial charge in [0.1, 0.15) is 12.2 Å². The van der Waals surface area contributed by atoms with Crippen LogP contribution in [-0.2, 0) is 13.0 Å². The number of aliphatic imine (C=N–C) groups is 1. The van der Waals surface area contributed by atoms with Gasteiger partial charge in [-0.15, -0.1) is 34.2 Å². The Balaban J connectivity index is 0.00000400. The Morgan fingerprint density at radius 3 is 2.52 bits per heavy atom. The van der Waals surface area contributed by atoms with Crippen LogP contribution < -0.4 is 10.6 Å². The molecule has 0 aromatic carbocycles. The summed E-state index contributed by atoms with van der Waals surface area (Å²) in [6, 6.07) is 0. The van der Waals surface area contributed by atoms with E-state index in [4.69, 9.17) is 0 Å². The third kappa shape index (κ3) is 8.23. The summed E-state index contributed by atoms with van der Waals surface area (Å²) in [4.78, 5) is 4.22. The van der Waals surface area contributed by atoms with Crippen LogP contribution in [0.3, 0.4) is 0 Å². The van der Waals surface area contributed by atoms with E-state index in [0.29, 0.717) is 5.41 Å². The van der Waals surface area contributed by atoms with Crippen molar-refractivity contribution in [3.05, 3.63) is 12.2 Å². The smallest absolute Gasteiger partial charge is 0.191 e. The molecule has 0 radical (unpaired) electrons. The van der Waals surface area contributed by atoms with Crippen molar-refractivity contribution in [1.82, 2.24) is 25.4 Å². The van der Waals surface area contributed by atoms with Crippen molar-refractivity contribution in [2.45, 2.75) is 47.1 Å². The molecule has 0 spiro atoms. The van der Waals surface area contributed by atoms with Crippen LogP contribution in [0.15, 0.2) is 11.3 Å². The summed E-state index contributed by atoms with van der Waals surface area (Å²) in [7, 11) is 1.79. The summed E-state index contributed by atoms with van der Waals surface area (Å²) in [5.41, 5.74) is 0.338. The van der Waals surface area contributed by atoms with E-state index in [1.807, 2.05) is 0 Å². The minimum Gasteiger partial charge on any atom is -0.356 e. The quantitative estimate of drug-likeness (QED) is 0.430. The average molecular weight is 408 g/mol. The molecular formula is C14H29IN6. The van der Waals surface area contributed by atoms with E-state index in [1.54, 1.807) is 13.4 Å². The van der Waals surface area contributed by atoms with Crippen LogP contribution in [0.25, 0.3) is 0 Å². The molecule has 0 aliphatic rings. The Kier molecular flexibility index (Phi) is 9.56. The number of guanidine groups is 1. The van der Waals surface area contributed by atoms with Crippen molar-refractivity contribution in [2.75, 3.05) is 20.1 Å². The van der Waals surface area contributed by atoms with Gasteiger partial charge in [0.25, 0.3) is 0 Å². The lowest BCUT2D eigenvalue weighted by atomic mass is 9.92. The SMILES string of the molecule is CCc1nncn1CCNC(=NC)NCCC(C)(C)C.I. The van der Waals surface area contributed by atoms with E-state index in [-0.39, 0.29) is 24.0 Å². The van der Waals surface area contributed by atoms with Crippen molar-refractivity contribution in [3.8, 4) is 0 Å². The zero-order chi connectivity index (χ0) is 15.0. The van der Waals surface area contributed by atoms with Crippen molar-refractivity contribution in [3.63, 3.8) is 0 Å². The van der Waals surface area contributed by atoms with Gasteiger partial charge in [-0.3, -0.25) is 4.99 Å². The van der Waals surface area contributed by atoms with Crippen LogP contribution in [0.1, 0.15) is 39.9 Å². The first-order valence-corrected chi connectivity index (χ1v) is 7.27. The number of hydrogen-bond acceptors (Lipinski definition) is 3. The van der Waals surface area contributed by atoms with Crippen molar-refractivity contribution in [2.24, 2.45) is 10.4 Å². The first kappa shape index (κ1) is 20.1. The Bertz CT molecular complexity index is 421. The van der Waals surface area contributed by atoms with Gasteiger partial charge in [-0.1, -0.05) is 27.7 Å². The Morgan fingerprint density at radius 1 is 1.29 bits per heavy atom. The topological polar surface area (TPSA) is 67.1 Å². The molecule has 21 heavy (non-hydrogen) atoms. The van der Waals surface area contributed by atoms with Gasteiger partial charge >= 0.3 is 0 Å². The second kappa shape index (κ2) is 9.97. The number of nitrogens with zero attached hydrogens (tertiary/aromatic N) is 4. The molecule has 0 saturated carbocycles. The molecule has 1 aromatic heterocycles. The van der Waals surface area contributed by atoms with E-state index in [1.165, 1.54) is 0 Å². The first-order chi connectivity index (χ1) is 9.46. The molecule has 0 amide bonds. The Labute approximate surface area is 145 Å². The van der Waals surface area contributed by atoms with Gasteiger partial charge in [0.05, 0.1) is 0 Å². The maximum absolute atomic E-state index is 4.22. The van der Waals surface area contributed by atoms with E-state index in [2.05, 4.69) is 58.1 Å². The molecule has 2 N–H and O–H groups in total. The van der Waals surface area contributed by atoms with Gasteiger partial charge in [0.15, 0.2) is 5.96 Å². The fraction of sp³-hybridized carbons (Fsp3) is 0.786. The minimum absolute atomic E-state index is 0. The molecule has 1 aromatic rings. The fourth-order valence-electron chi connectivity index (χ4n) is 1.81. The number of nitrogens with one attached hydrogen (secondary N) is 2. The molecule has 0 bridgehead atoms. The normalized spacial score (nSPS) is 12.0. The van der Waals surface area contributed by atoms with E-state index in [9.17, 15) is 0 Å². The molecule has 0 saturated heterocycles. The second-order valence-electron chi connectivity index (χ2n) is 6.03. The highest BCUT2D eigenvalue weighted by atomic mass is 127. The largest absolute Gasteiger partial charge is 0.356 e. The van der Waals surface area contributed by atoms with Crippen LogP contribution in [0.2, 0.25) is 0 Å². The molecule has 6 nitrogen and oxygen atoms in total. The van der Waals surface area contributed by atoms with E-state index < -0.39 is 0 Å². The predicted molar refractivity (Wildman–Crippen MR) is 98.3 cm³/mol. The van der Waals surface area contributed by atoms with Gasteiger partial charge in [0, 0.05) is 33.1 Å². The van der Waals surface area contributed by atoms with Gasteiger partial charge in [-0.25, -0.2) is 0 Å². The molecule has 0 fully saturated rings. The molecule has 0 aliphatic heterocycles. The number of halogens is 1. The van der Waals surface area contributed by atoms with E-state index in [0.717, 1.165) is 44.3 Å². The first-order valence-electron chi connectivity index (χ1n) is 7.27. The maximum Gasteiger partial charge on any atom is 0.191 e. The summed E-state index contributed by atoms with van der Waals surface area (Å²) in [6.45, 7) is 11.4. The summed E-state index contributed by atoms with van der Waals surface area (Å²) in [6.07, 6.45) is 3.79. The number of aromatic nitrogens is 3. The van der Waals surface area contributed by atoms with Crippen molar-refractivity contribution >= 4 is 29.9 Å². The number of hydrogen-bond donors (Lipinski definition) is 2. The molecule has 1 heterocycles. The molecule has 0 aliphatic carbocycles. The molecule has 122 valence electrons. The average Bonchev–Trinajstić information content (AvgIpc) is 2.83. The zero-order valence-corrected chi connectivity index (χ0v) is 16.1. The lowest BCUT2D eigenvalue weighted by Crippen LogP contribution is -2.40. The lowest BCUT2D eigenvalue weighted by molar-refractivity contribution is 0.377. The third-order valence-corrected chi connectivity index (χ3v) is 3.05. The summed E-state index contributed by atoms with van der Waals surface area (Å²) in [5.74, 6) is 1.86. The van der Waals surface area contributed by atoms with Crippen LogP contribution in [0, 0.1) is 5.41 Å². The molecule has 0 atom stereocenters. The van der Waals surface area contributed by atoms with Gasteiger partial charge < -0.3 is 15.2 Å². The number of aryl methyl sites for hydroxylation is 1. The fourth-order valence-corrected chi connectivity index (χ4v) is 1.81. The molecule has 0 unspecified atom stereocenters. The lowest BCUT2D eigenvalue weighted by Gasteiger charge is -2.19. The van der Waals surface area contributed by atoms with Crippen LogP contribution >= 0.6 is 24.0 Å². The van der Waals surface area contributed by atoms with Crippen LogP contribution in [0.4, 0.5) is 0 Å². The zero-order valence-electron chi connectivity index (χ0n) is 13.8. The van der Waals surface area contributed by atoms with Crippen molar-refractivity contribution in [1.29, 1.82) is 0 Å². The standard InChI is InChI=1S/C14H28N6.HI/c1-6-12-19-18-11-20(12)10-9-17-13(15-5)16-8-7-14(2,3)4;/h11H,6-10H2,1-5H3,(H2,15,16,17);1H. The monoisotopic (exact) mass is 408 g/mol. The summed E-state index contributed by atoms with van der Waals surface area (Å²) >= 11 is 0. The molecular weight excluding hydrogens is 379 g/mol. The Morgan fingerprint density at radius 2 is 1.95 bits per heavy atom. The second-order valence-corrected chi connectivity index (χ2v) is 6.03.